The second-order valence-electron chi connectivity index (χ2n) is 7.76. The number of aromatic nitrogens is 2. The number of nitrogens with zero attached hydrogens (tertiary/aromatic N) is 6. The lowest BCUT2D eigenvalue weighted by Crippen LogP contribution is -2.08. The highest BCUT2D eigenvalue weighted by atomic mass is 16.1. The number of carbonyl (C=O) groups excluding carboxylic acids is 1. The van der Waals surface area contributed by atoms with Crippen LogP contribution >= 0.6 is 0 Å². The predicted octanol–water partition coefficient (Wildman–Crippen LogP) is 4.81. The predicted molar refractivity (Wildman–Crippen MR) is 128 cm³/mol. The van der Waals surface area contributed by atoms with Crippen molar-refractivity contribution in [1.82, 2.24) is 14.9 Å². The molecule has 32 heavy (non-hydrogen) atoms. The van der Waals surface area contributed by atoms with Crippen molar-refractivity contribution in [2.24, 2.45) is 10.2 Å². The fourth-order valence-electron chi connectivity index (χ4n) is 3.19. The monoisotopic (exact) mass is 426 g/mol. The van der Waals surface area contributed by atoms with E-state index in [4.69, 9.17) is 0 Å². The van der Waals surface area contributed by atoms with E-state index >= 15 is 0 Å². The van der Waals surface area contributed by atoms with E-state index in [1.165, 1.54) is 0 Å². The van der Waals surface area contributed by atoms with E-state index in [1.807, 2.05) is 68.3 Å². The fraction of sp³-hybridized carbons (Fsp3) is 0.167. The fourth-order valence-corrected chi connectivity index (χ4v) is 3.19. The Balaban J connectivity index is 1.52. The van der Waals surface area contributed by atoms with E-state index < -0.39 is 5.91 Å². The molecule has 8 nitrogen and oxygen atoms in total. The lowest BCUT2D eigenvalue weighted by molar-refractivity contribution is 0.0992. The van der Waals surface area contributed by atoms with Gasteiger partial charge in [0.05, 0.1) is 11.0 Å². The molecule has 0 fully saturated rings. The first-order valence-electron chi connectivity index (χ1n) is 10.1. The molecule has 0 atom stereocenters. The number of H-pyrrole nitrogens is 1. The summed E-state index contributed by atoms with van der Waals surface area (Å²) in [6.45, 7) is 0. The van der Waals surface area contributed by atoms with Gasteiger partial charge >= 0.3 is 5.91 Å². The molecule has 0 aliphatic rings. The Hall–Kier alpha value is -4.29. The number of carbonyl (C=O) groups is 1. The number of fused-ring (bicyclic) bond motifs is 1. The number of anilines is 2. The molecule has 0 spiro atoms. The van der Waals surface area contributed by atoms with Crippen LogP contribution < -0.4 is 14.7 Å². The Morgan fingerprint density at radius 2 is 1.50 bits per heavy atom. The molecular weight excluding hydrogens is 402 g/mol. The number of imidazole rings is 1. The molecule has 160 valence electrons. The van der Waals surface area contributed by atoms with Crippen LogP contribution in [-0.2, 0) is 0 Å². The number of hydrogen-bond donors (Lipinski definition) is 1. The molecule has 0 saturated heterocycles. The van der Waals surface area contributed by atoms with Gasteiger partial charge in [0, 0.05) is 50.7 Å². The molecule has 1 amide bonds. The smallest absolute Gasteiger partial charge is 0.360 e. The number of amides is 1. The quantitative estimate of drug-likeness (QED) is 0.366. The maximum Gasteiger partial charge on any atom is 0.360 e. The highest BCUT2D eigenvalue weighted by Gasteiger charge is 2.11. The minimum atomic E-state index is -0.441. The Morgan fingerprint density at radius 3 is 2.12 bits per heavy atom. The summed E-state index contributed by atoms with van der Waals surface area (Å²) in [6.07, 6.45) is 0. The number of nitrogens with one attached hydrogen (secondary N) is 1. The van der Waals surface area contributed by atoms with Crippen molar-refractivity contribution in [1.29, 1.82) is 0 Å². The van der Waals surface area contributed by atoms with Crippen LogP contribution in [0.4, 0.5) is 17.1 Å². The first-order chi connectivity index (χ1) is 15.4. The van der Waals surface area contributed by atoms with Crippen molar-refractivity contribution in [2.75, 3.05) is 38.0 Å². The molecular formula is C24H24N7O+. The summed E-state index contributed by atoms with van der Waals surface area (Å²) in [5.74, 6) is 0.337. The van der Waals surface area contributed by atoms with Gasteiger partial charge in [-0.3, -0.25) is 4.79 Å². The zero-order valence-electron chi connectivity index (χ0n) is 18.4. The first-order valence-corrected chi connectivity index (χ1v) is 10.1. The normalized spacial score (nSPS) is 10.5. The second kappa shape index (κ2) is 8.83. The number of aromatic amines is 1. The summed E-state index contributed by atoms with van der Waals surface area (Å²) in [6, 6.07) is 20.8. The topological polar surface area (TPSA) is 91.0 Å². The largest absolute Gasteiger partial charge is 0.378 e. The Bertz CT molecular complexity index is 1310. The summed E-state index contributed by atoms with van der Waals surface area (Å²) < 4.78 is 0. The zero-order valence-corrected chi connectivity index (χ0v) is 18.4. The first kappa shape index (κ1) is 21.0. The Kier molecular flexibility index (Phi) is 5.79. The molecule has 1 N–H and O–H groups in total. The van der Waals surface area contributed by atoms with E-state index in [2.05, 4.69) is 37.2 Å². The third-order valence-corrected chi connectivity index (χ3v) is 5.05. The van der Waals surface area contributed by atoms with Gasteiger partial charge in [-0.2, -0.15) is 0 Å². The minimum absolute atomic E-state index is 0.441. The van der Waals surface area contributed by atoms with Crippen LogP contribution in [0.1, 0.15) is 10.4 Å². The molecule has 0 saturated carbocycles. The second-order valence-corrected chi connectivity index (χ2v) is 7.76. The van der Waals surface area contributed by atoms with Crippen molar-refractivity contribution in [3.8, 4) is 11.4 Å². The summed E-state index contributed by atoms with van der Waals surface area (Å²) in [5, 5.41) is 7.74. The van der Waals surface area contributed by atoms with Crippen LogP contribution in [0, 0.1) is 0 Å². The number of rotatable bonds is 5. The highest BCUT2D eigenvalue weighted by molar-refractivity contribution is 5.94. The van der Waals surface area contributed by atoms with Crippen LogP contribution in [0.3, 0.4) is 0 Å². The van der Waals surface area contributed by atoms with Gasteiger partial charge in [-0.15, -0.1) is 0 Å². The van der Waals surface area contributed by atoms with Crippen molar-refractivity contribution >= 4 is 34.0 Å². The van der Waals surface area contributed by atoms with Crippen LogP contribution in [0.25, 0.3) is 22.4 Å². The van der Waals surface area contributed by atoms with E-state index in [-0.39, 0.29) is 0 Å². The van der Waals surface area contributed by atoms with Crippen LogP contribution in [0.15, 0.2) is 77.0 Å². The highest BCUT2D eigenvalue weighted by Crippen LogP contribution is 2.25. The van der Waals surface area contributed by atoms with E-state index in [0.717, 1.165) is 33.8 Å². The molecule has 1 heterocycles. The van der Waals surface area contributed by atoms with Gasteiger partial charge in [0.1, 0.15) is 5.82 Å². The maximum absolute atomic E-state index is 12.2. The van der Waals surface area contributed by atoms with Crippen LogP contribution in [0.2, 0.25) is 0 Å². The number of hydrogen-bond acceptors (Lipinski definition) is 5. The van der Waals surface area contributed by atoms with Crippen molar-refractivity contribution in [3.63, 3.8) is 0 Å². The van der Waals surface area contributed by atoms with Crippen molar-refractivity contribution < 1.29 is 4.79 Å². The Labute approximate surface area is 186 Å². The summed E-state index contributed by atoms with van der Waals surface area (Å²) >= 11 is 0. The SMILES string of the molecule is CN(C)c1ccc(C(=O)N=[N+]=Nc2ccc3[nH]c(-c4ccc(N(C)C)cc4)nc3c2)cc1. The minimum Gasteiger partial charge on any atom is -0.378 e. The molecule has 4 rings (SSSR count). The van der Waals surface area contributed by atoms with Gasteiger partial charge < -0.3 is 14.8 Å². The molecule has 0 bridgehead atoms. The molecule has 0 unspecified atom stereocenters. The van der Waals surface area contributed by atoms with Gasteiger partial charge in [0.2, 0.25) is 10.0 Å². The van der Waals surface area contributed by atoms with Gasteiger partial charge in [0.15, 0.2) is 10.8 Å². The molecule has 0 radical (unpaired) electrons. The van der Waals surface area contributed by atoms with Crippen molar-refractivity contribution in [3.05, 3.63) is 72.3 Å². The van der Waals surface area contributed by atoms with Crippen molar-refractivity contribution in [2.45, 2.75) is 0 Å². The van der Waals surface area contributed by atoms with Crippen LogP contribution in [-0.4, -0.2) is 44.1 Å². The average Bonchev–Trinajstić information content (AvgIpc) is 3.22. The molecule has 3 aromatic carbocycles. The van der Waals surface area contributed by atoms with E-state index in [9.17, 15) is 4.79 Å². The summed E-state index contributed by atoms with van der Waals surface area (Å²) in [4.78, 5) is 27.9. The number of benzene rings is 3. The average molecular weight is 427 g/mol. The standard InChI is InChI=1S/C24H23N7O/c1-30(2)19-10-5-16(6-11-19)23-25-21-14-9-18(15-22(21)26-23)27-29-28-24(32)17-7-12-20(13-8-17)31(3)4/h5-15H,1-4H3/p+1. The van der Waals surface area contributed by atoms with E-state index in [1.54, 1.807) is 24.3 Å². The molecule has 4 aromatic rings. The van der Waals surface area contributed by atoms with Gasteiger partial charge in [-0.1, -0.05) is 0 Å². The lowest BCUT2D eigenvalue weighted by Gasteiger charge is -2.11. The maximum atomic E-state index is 12.2. The summed E-state index contributed by atoms with van der Waals surface area (Å²) in [7, 11) is 7.89. The van der Waals surface area contributed by atoms with Gasteiger partial charge in [-0.05, 0) is 66.7 Å². The van der Waals surface area contributed by atoms with E-state index in [0.29, 0.717) is 11.3 Å². The molecule has 0 aliphatic heterocycles. The van der Waals surface area contributed by atoms with Gasteiger partial charge in [0.25, 0.3) is 0 Å². The van der Waals surface area contributed by atoms with Gasteiger partial charge in [-0.25, -0.2) is 4.98 Å². The molecule has 8 heteroatoms. The molecule has 0 aliphatic carbocycles. The zero-order chi connectivity index (χ0) is 22.7. The van der Waals surface area contributed by atoms with Crippen LogP contribution in [0.5, 0.6) is 0 Å². The summed E-state index contributed by atoms with van der Waals surface area (Å²) in [5.41, 5.74) is 5.81. The lowest BCUT2D eigenvalue weighted by atomic mass is 10.2. The third-order valence-electron chi connectivity index (χ3n) is 5.05. The third kappa shape index (κ3) is 4.55. The molecule has 1 aromatic heterocycles. The Morgan fingerprint density at radius 1 is 0.875 bits per heavy atom.